The summed E-state index contributed by atoms with van der Waals surface area (Å²) in [5.74, 6) is 0.780. The van der Waals surface area contributed by atoms with Gasteiger partial charge >= 0.3 is 0 Å². The number of phenolic OH excluding ortho intramolecular Hbond substituents is 1. The quantitative estimate of drug-likeness (QED) is 0.652. The van der Waals surface area contributed by atoms with Crippen LogP contribution in [0, 0.1) is 13.8 Å². The van der Waals surface area contributed by atoms with Crippen molar-refractivity contribution < 1.29 is 19.4 Å². The van der Waals surface area contributed by atoms with Gasteiger partial charge in [-0.3, -0.25) is 9.89 Å². The Morgan fingerprint density at radius 1 is 1.17 bits per heavy atom. The Labute approximate surface area is 175 Å². The van der Waals surface area contributed by atoms with Crippen LogP contribution in [0.2, 0.25) is 0 Å². The number of hydrogen-bond acceptors (Lipinski definition) is 5. The predicted molar refractivity (Wildman–Crippen MR) is 113 cm³/mol. The average molecular weight is 407 g/mol. The van der Waals surface area contributed by atoms with Crippen molar-refractivity contribution >= 4 is 5.91 Å². The number of ether oxygens (including phenoxy) is 2. The SMILES string of the molecule is COCCN1C(=O)c2[nH]nc(-c3cc(C)cc(C)c3O)c2C1c1ccc(OC)cc1. The molecule has 7 heteroatoms. The number of rotatable bonds is 6. The standard InChI is InChI=1S/C23H25N3O4/c1-13-11-14(2)22(27)17(12-13)19-18-20(25-24-19)23(28)26(9-10-29-3)21(18)15-5-7-16(30-4)8-6-15/h5-8,11-12,21,27H,9-10H2,1-4H3,(H,24,25). The number of methoxy groups -OCH3 is 2. The number of phenols is 1. The molecule has 2 aromatic carbocycles. The lowest BCUT2D eigenvalue weighted by Crippen LogP contribution is -2.32. The third-order valence-corrected chi connectivity index (χ3v) is 5.53. The fourth-order valence-electron chi connectivity index (χ4n) is 4.10. The number of H-pyrrole nitrogens is 1. The van der Waals surface area contributed by atoms with Gasteiger partial charge in [0.25, 0.3) is 5.91 Å². The Morgan fingerprint density at radius 3 is 2.57 bits per heavy atom. The molecule has 0 aliphatic carbocycles. The van der Waals surface area contributed by atoms with Crippen molar-refractivity contribution in [1.82, 2.24) is 15.1 Å². The van der Waals surface area contributed by atoms with Gasteiger partial charge in [-0.25, -0.2) is 0 Å². The number of nitrogens with one attached hydrogen (secondary N) is 1. The lowest BCUT2D eigenvalue weighted by atomic mass is 9.94. The Balaban J connectivity index is 1.89. The first kappa shape index (κ1) is 20.0. The summed E-state index contributed by atoms with van der Waals surface area (Å²) < 4.78 is 10.5. The number of amides is 1. The number of hydrogen-bond donors (Lipinski definition) is 2. The van der Waals surface area contributed by atoms with Crippen LogP contribution in [0.25, 0.3) is 11.3 Å². The van der Waals surface area contributed by atoms with Crippen molar-refractivity contribution in [2.75, 3.05) is 27.4 Å². The van der Waals surface area contributed by atoms with Crippen molar-refractivity contribution in [3.63, 3.8) is 0 Å². The lowest BCUT2D eigenvalue weighted by molar-refractivity contribution is 0.0677. The third-order valence-electron chi connectivity index (χ3n) is 5.53. The summed E-state index contributed by atoms with van der Waals surface area (Å²) in [6.45, 7) is 4.68. The minimum absolute atomic E-state index is 0.134. The number of fused-ring (bicyclic) bond motifs is 1. The molecule has 0 fully saturated rings. The van der Waals surface area contributed by atoms with Gasteiger partial charge in [0.1, 0.15) is 22.9 Å². The van der Waals surface area contributed by atoms with E-state index in [0.29, 0.717) is 30.1 Å². The van der Waals surface area contributed by atoms with Crippen molar-refractivity contribution in [3.05, 3.63) is 64.3 Å². The Morgan fingerprint density at radius 2 is 1.90 bits per heavy atom. The highest BCUT2D eigenvalue weighted by molar-refractivity contribution is 6.00. The molecule has 156 valence electrons. The highest BCUT2D eigenvalue weighted by Gasteiger charge is 2.42. The van der Waals surface area contributed by atoms with E-state index in [1.807, 2.05) is 50.2 Å². The Kier molecular flexibility index (Phi) is 5.22. The first-order chi connectivity index (χ1) is 14.5. The molecule has 1 unspecified atom stereocenters. The molecule has 2 N–H and O–H groups in total. The van der Waals surface area contributed by atoms with E-state index in [-0.39, 0.29) is 17.7 Å². The monoisotopic (exact) mass is 407 g/mol. The summed E-state index contributed by atoms with van der Waals surface area (Å²) in [4.78, 5) is 15.0. The molecule has 0 saturated carbocycles. The molecule has 0 radical (unpaired) electrons. The van der Waals surface area contributed by atoms with Crippen LogP contribution >= 0.6 is 0 Å². The second-order valence-electron chi connectivity index (χ2n) is 7.51. The van der Waals surface area contributed by atoms with Crippen LogP contribution in [-0.2, 0) is 4.74 Å². The molecule has 0 bridgehead atoms. The summed E-state index contributed by atoms with van der Waals surface area (Å²) in [6, 6.07) is 11.1. The number of nitrogens with zero attached hydrogens (tertiary/aromatic N) is 2. The molecule has 1 aliphatic heterocycles. The number of aryl methyl sites for hydroxylation is 2. The van der Waals surface area contributed by atoms with E-state index in [9.17, 15) is 9.90 Å². The second-order valence-corrected chi connectivity index (χ2v) is 7.51. The molecule has 3 aromatic rings. The highest BCUT2D eigenvalue weighted by atomic mass is 16.5. The molecular weight excluding hydrogens is 382 g/mol. The van der Waals surface area contributed by atoms with Gasteiger partial charge in [-0.05, 0) is 48.7 Å². The number of aromatic hydroxyl groups is 1. The minimum atomic E-state index is -0.345. The van der Waals surface area contributed by atoms with Crippen LogP contribution in [0.4, 0.5) is 0 Å². The first-order valence-corrected chi connectivity index (χ1v) is 9.79. The molecule has 1 amide bonds. The van der Waals surface area contributed by atoms with Gasteiger partial charge in [0, 0.05) is 24.8 Å². The van der Waals surface area contributed by atoms with Crippen LogP contribution in [0.15, 0.2) is 36.4 Å². The van der Waals surface area contributed by atoms with Gasteiger partial charge in [-0.2, -0.15) is 5.10 Å². The fraction of sp³-hybridized carbons (Fsp3) is 0.304. The number of aromatic amines is 1. The van der Waals surface area contributed by atoms with Gasteiger partial charge < -0.3 is 19.5 Å². The van der Waals surface area contributed by atoms with Crippen LogP contribution in [0.3, 0.4) is 0 Å². The molecule has 1 aliphatic rings. The average Bonchev–Trinajstić information content (AvgIpc) is 3.28. The van der Waals surface area contributed by atoms with Crippen LogP contribution in [-0.4, -0.2) is 53.5 Å². The largest absolute Gasteiger partial charge is 0.507 e. The van der Waals surface area contributed by atoms with Crippen molar-refractivity contribution in [1.29, 1.82) is 0 Å². The van der Waals surface area contributed by atoms with Crippen molar-refractivity contribution in [2.24, 2.45) is 0 Å². The van der Waals surface area contributed by atoms with E-state index >= 15 is 0 Å². The molecular formula is C23H25N3O4. The fourth-order valence-corrected chi connectivity index (χ4v) is 4.10. The maximum Gasteiger partial charge on any atom is 0.273 e. The van der Waals surface area contributed by atoms with Gasteiger partial charge in [-0.15, -0.1) is 0 Å². The molecule has 7 nitrogen and oxygen atoms in total. The summed E-state index contributed by atoms with van der Waals surface area (Å²) in [6.07, 6.45) is 0. The zero-order valence-corrected chi connectivity index (χ0v) is 17.5. The molecule has 0 spiro atoms. The van der Waals surface area contributed by atoms with Crippen molar-refractivity contribution in [2.45, 2.75) is 19.9 Å². The Hall–Kier alpha value is -3.32. The molecule has 30 heavy (non-hydrogen) atoms. The van der Waals surface area contributed by atoms with Crippen LogP contribution in [0.5, 0.6) is 11.5 Å². The number of carbonyl (C=O) groups is 1. The molecule has 0 saturated heterocycles. The predicted octanol–water partition coefficient (Wildman–Crippen LogP) is 3.60. The maximum atomic E-state index is 13.2. The summed E-state index contributed by atoms with van der Waals surface area (Å²) >= 11 is 0. The molecule has 1 atom stereocenters. The minimum Gasteiger partial charge on any atom is -0.507 e. The lowest BCUT2D eigenvalue weighted by Gasteiger charge is -2.26. The van der Waals surface area contributed by atoms with Gasteiger partial charge in [-0.1, -0.05) is 18.2 Å². The van der Waals surface area contributed by atoms with Crippen LogP contribution in [0.1, 0.15) is 38.8 Å². The first-order valence-electron chi connectivity index (χ1n) is 9.79. The van der Waals surface area contributed by atoms with E-state index in [2.05, 4.69) is 10.2 Å². The number of carbonyl (C=O) groups excluding carboxylic acids is 1. The van der Waals surface area contributed by atoms with Crippen LogP contribution < -0.4 is 4.74 Å². The van der Waals surface area contributed by atoms with E-state index in [4.69, 9.17) is 9.47 Å². The van der Waals surface area contributed by atoms with Gasteiger partial charge in [0.15, 0.2) is 0 Å². The maximum absolute atomic E-state index is 13.2. The summed E-state index contributed by atoms with van der Waals surface area (Å²) in [5.41, 5.74) is 5.13. The topological polar surface area (TPSA) is 87.7 Å². The third kappa shape index (κ3) is 3.21. The van der Waals surface area contributed by atoms with E-state index in [0.717, 1.165) is 28.0 Å². The summed E-state index contributed by atoms with van der Waals surface area (Å²) in [7, 11) is 3.23. The van der Waals surface area contributed by atoms with E-state index < -0.39 is 0 Å². The van der Waals surface area contributed by atoms with E-state index in [1.54, 1.807) is 19.1 Å². The zero-order valence-electron chi connectivity index (χ0n) is 17.5. The normalized spacial score (nSPS) is 15.5. The number of aromatic nitrogens is 2. The van der Waals surface area contributed by atoms with E-state index in [1.165, 1.54) is 0 Å². The Bertz CT molecular complexity index is 1090. The summed E-state index contributed by atoms with van der Waals surface area (Å²) in [5, 5.41) is 18.1. The van der Waals surface area contributed by atoms with Gasteiger partial charge in [0.05, 0.1) is 19.8 Å². The van der Waals surface area contributed by atoms with Crippen molar-refractivity contribution in [3.8, 4) is 22.8 Å². The second kappa shape index (κ2) is 7.84. The smallest absolute Gasteiger partial charge is 0.273 e. The number of benzene rings is 2. The van der Waals surface area contributed by atoms with Gasteiger partial charge in [0.2, 0.25) is 0 Å². The molecule has 2 heterocycles. The molecule has 1 aromatic heterocycles. The zero-order chi connectivity index (χ0) is 21.4. The highest BCUT2D eigenvalue weighted by Crippen LogP contribution is 2.45. The molecule has 4 rings (SSSR count).